The Labute approximate surface area is 122 Å². The van der Waals surface area contributed by atoms with E-state index in [-0.39, 0.29) is 0 Å². The van der Waals surface area contributed by atoms with E-state index in [2.05, 4.69) is 31.1 Å². The van der Waals surface area contributed by atoms with Gasteiger partial charge >= 0.3 is 0 Å². The van der Waals surface area contributed by atoms with Crippen LogP contribution in [-0.2, 0) is 0 Å². The molecule has 4 heteroatoms. The van der Waals surface area contributed by atoms with Gasteiger partial charge < -0.3 is 20.7 Å². The average molecular weight is 277 g/mol. The quantitative estimate of drug-likeness (QED) is 0.813. The van der Waals surface area contributed by atoms with E-state index in [1.54, 1.807) is 0 Å². The lowest BCUT2D eigenvalue weighted by molar-refractivity contribution is 0.206. The zero-order valence-electron chi connectivity index (χ0n) is 12.9. The van der Waals surface area contributed by atoms with E-state index in [0.29, 0.717) is 18.6 Å². The lowest BCUT2D eigenvalue weighted by atomic mass is 9.94. The van der Waals surface area contributed by atoms with Gasteiger partial charge in [0.25, 0.3) is 0 Å². The molecule has 0 saturated carbocycles. The third kappa shape index (κ3) is 3.57. The van der Waals surface area contributed by atoms with Crippen molar-refractivity contribution in [2.24, 2.45) is 5.92 Å². The topological polar surface area (TPSA) is 50.5 Å². The van der Waals surface area contributed by atoms with Gasteiger partial charge in [-0.1, -0.05) is 19.9 Å². The molecule has 1 heterocycles. The molecule has 2 atom stereocenters. The van der Waals surface area contributed by atoms with Crippen molar-refractivity contribution in [2.45, 2.75) is 32.7 Å². The van der Waals surface area contributed by atoms with Gasteiger partial charge in [0.15, 0.2) is 0 Å². The van der Waals surface area contributed by atoms with E-state index >= 15 is 0 Å². The van der Waals surface area contributed by atoms with Gasteiger partial charge in [-0.25, -0.2) is 0 Å². The predicted octanol–water partition coefficient (Wildman–Crippen LogP) is 2.81. The predicted molar refractivity (Wildman–Crippen MR) is 85.3 cm³/mol. The van der Waals surface area contributed by atoms with Gasteiger partial charge in [-0.15, -0.1) is 0 Å². The highest BCUT2D eigenvalue weighted by Crippen LogP contribution is 2.31. The zero-order chi connectivity index (χ0) is 14.5. The Bertz CT molecular complexity index is 436. The van der Waals surface area contributed by atoms with Crippen LogP contribution in [0, 0.1) is 5.92 Å². The number of hydrogen-bond donors (Lipinski definition) is 2. The number of piperidine rings is 1. The lowest BCUT2D eigenvalue weighted by Gasteiger charge is -2.36. The van der Waals surface area contributed by atoms with Crippen molar-refractivity contribution in [3.63, 3.8) is 0 Å². The fourth-order valence-corrected chi connectivity index (χ4v) is 2.78. The summed E-state index contributed by atoms with van der Waals surface area (Å²) in [6, 6.07) is 6.46. The highest BCUT2D eigenvalue weighted by Gasteiger charge is 2.24. The van der Waals surface area contributed by atoms with Crippen molar-refractivity contribution < 1.29 is 4.74 Å². The molecule has 1 aromatic carbocycles. The minimum Gasteiger partial charge on any atom is -0.491 e. The first-order valence-electron chi connectivity index (χ1n) is 7.58. The van der Waals surface area contributed by atoms with Crippen LogP contribution < -0.4 is 15.8 Å². The van der Waals surface area contributed by atoms with Crippen LogP contribution in [-0.4, -0.2) is 37.7 Å². The SMILES string of the molecule is CCCOc1cccc(NC2CCN(C)CC2C)c1N. The smallest absolute Gasteiger partial charge is 0.144 e. The molecule has 1 saturated heterocycles. The van der Waals surface area contributed by atoms with Crippen LogP contribution in [0.15, 0.2) is 18.2 Å². The molecule has 0 spiro atoms. The number of nitrogens with one attached hydrogen (secondary N) is 1. The second-order valence-corrected chi connectivity index (χ2v) is 5.84. The van der Waals surface area contributed by atoms with E-state index in [0.717, 1.165) is 43.1 Å². The first kappa shape index (κ1) is 15.0. The van der Waals surface area contributed by atoms with Crippen molar-refractivity contribution in [3.05, 3.63) is 18.2 Å². The van der Waals surface area contributed by atoms with Crippen LogP contribution in [0.2, 0.25) is 0 Å². The van der Waals surface area contributed by atoms with Crippen molar-refractivity contribution in [1.29, 1.82) is 0 Å². The van der Waals surface area contributed by atoms with E-state index in [9.17, 15) is 0 Å². The van der Waals surface area contributed by atoms with E-state index < -0.39 is 0 Å². The second kappa shape index (κ2) is 6.84. The average Bonchev–Trinajstić information content (AvgIpc) is 2.42. The minimum atomic E-state index is 0.481. The highest BCUT2D eigenvalue weighted by molar-refractivity contribution is 5.73. The van der Waals surface area contributed by atoms with Gasteiger partial charge in [0.2, 0.25) is 0 Å². The van der Waals surface area contributed by atoms with Crippen molar-refractivity contribution in [1.82, 2.24) is 4.90 Å². The Morgan fingerprint density at radius 2 is 2.25 bits per heavy atom. The van der Waals surface area contributed by atoms with Gasteiger partial charge in [0.05, 0.1) is 18.0 Å². The number of anilines is 2. The standard InChI is InChI=1S/C16H27N3O/c1-4-10-20-15-7-5-6-14(16(15)17)18-13-8-9-19(3)11-12(13)2/h5-7,12-13,18H,4,8-11,17H2,1-3H3. The molecule has 0 aromatic heterocycles. The molecule has 112 valence electrons. The summed E-state index contributed by atoms with van der Waals surface area (Å²) in [5.41, 5.74) is 7.94. The van der Waals surface area contributed by atoms with Crippen LogP contribution in [0.25, 0.3) is 0 Å². The number of likely N-dealkylation sites (tertiary alicyclic amines) is 1. The first-order valence-corrected chi connectivity index (χ1v) is 7.58. The summed E-state index contributed by atoms with van der Waals surface area (Å²) in [6.07, 6.45) is 2.14. The molecule has 2 unspecified atom stereocenters. The number of rotatable bonds is 5. The maximum atomic E-state index is 6.22. The Morgan fingerprint density at radius 3 is 2.95 bits per heavy atom. The molecule has 0 bridgehead atoms. The molecule has 20 heavy (non-hydrogen) atoms. The third-order valence-corrected chi connectivity index (χ3v) is 3.98. The number of hydrogen-bond acceptors (Lipinski definition) is 4. The summed E-state index contributed by atoms with van der Waals surface area (Å²) in [7, 11) is 2.18. The normalized spacial score (nSPS) is 23.6. The van der Waals surface area contributed by atoms with Gasteiger partial charge in [0, 0.05) is 12.6 Å². The van der Waals surface area contributed by atoms with Crippen molar-refractivity contribution in [2.75, 3.05) is 37.8 Å². The Balaban J connectivity index is 2.05. The molecule has 0 aliphatic carbocycles. The highest BCUT2D eigenvalue weighted by atomic mass is 16.5. The summed E-state index contributed by atoms with van der Waals surface area (Å²) in [6.45, 7) is 7.36. The summed E-state index contributed by atoms with van der Waals surface area (Å²) >= 11 is 0. The third-order valence-electron chi connectivity index (χ3n) is 3.98. The number of benzene rings is 1. The summed E-state index contributed by atoms with van der Waals surface area (Å²) in [5.74, 6) is 1.41. The molecule has 2 rings (SSSR count). The summed E-state index contributed by atoms with van der Waals surface area (Å²) in [4.78, 5) is 2.38. The molecule has 0 radical (unpaired) electrons. The second-order valence-electron chi connectivity index (χ2n) is 5.84. The van der Waals surface area contributed by atoms with Crippen molar-refractivity contribution >= 4 is 11.4 Å². The number of nitrogens with zero attached hydrogens (tertiary/aromatic N) is 1. The maximum absolute atomic E-state index is 6.22. The van der Waals surface area contributed by atoms with Gasteiger partial charge in [-0.05, 0) is 44.5 Å². The molecule has 1 aromatic rings. The van der Waals surface area contributed by atoms with Crippen LogP contribution in [0.1, 0.15) is 26.7 Å². The van der Waals surface area contributed by atoms with Crippen LogP contribution >= 0.6 is 0 Å². The van der Waals surface area contributed by atoms with E-state index in [1.165, 1.54) is 0 Å². The fourth-order valence-electron chi connectivity index (χ4n) is 2.78. The largest absolute Gasteiger partial charge is 0.491 e. The van der Waals surface area contributed by atoms with Gasteiger partial charge in [-0.2, -0.15) is 0 Å². The fraction of sp³-hybridized carbons (Fsp3) is 0.625. The monoisotopic (exact) mass is 277 g/mol. The van der Waals surface area contributed by atoms with Crippen LogP contribution in [0.5, 0.6) is 5.75 Å². The number of para-hydroxylation sites is 1. The Hall–Kier alpha value is -1.42. The molecule has 3 N–H and O–H groups in total. The lowest BCUT2D eigenvalue weighted by Crippen LogP contribution is -2.43. The molecular formula is C16H27N3O. The molecular weight excluding hydrogens is 250 g/mol. The Kier molecular flexibility index (Phi) is 5.12. The first-order chi connectivity index (χ1) is 9.61. The number of nitrogens with two attached hydrogens (primary N) is 1. The van der Waals surface area contributed by atoms with E-state index in [1.807, 2.05) is 18.2 Å². The summed E-state index contributed by atoms with van der Waals surface area (Å²) < 4.78 is 5.69. The molecule has 1 aliphatic rings. The van der Waals surface area contributed by atoms with Gasteiger partial charge in [-0.3, -0.25) is 0 Å². The number of ether oxygens (including phenoxy) is 1. The molecule has 1 aliphatic heterocycles. The van der Waals surface area contributed by atoms with Gasteiger partial charge in [0.1, 0.15) is 5.75 Å². The van der Waals surface area contributed by atoms with Crippen LogP contribution in [0.4, 0.5) is 11.4 Å². The van der Waals surface area contributed by atoms with Crippen LogP contribution in [0.3, 0.4) is 0 Å². The minimum absolute atomic E-state index is 0.481. The summed E-state index contributed by atoms with van der Waals surface area (Å²) in [5, 5.41) is 3.60. The number of nitrogen functional groups attached to an aromatic ring is 1. The Morgan fingerprint density at radius 1 is 1.45 bits per heavy atom. The zero-order valence-corrected chi connectivity index (χ0v) is 12.9. The maximum Gasteiger partial charge on any atom is 0.144 e. The molecule has 0 amide bonds. The molecule has 1 fully saturated rings. The molecule has 4 nitrogen and oxygen atoms in total. The van der Waals surface area contributed by atoms with Crippen molar-refractivity contribution in [3.8, 4) is 5.75 Å². The van der Waals surface area contributed by atoms with E-state index in [4.69, 9.17) is 10.5 Å².